The van der Waals surface area contributed by atoms with Gasteiger partial charge in [0.2, 0.25) is 10.0 Å². The van der Waals surface area contributed by atoms with Gasteiger partial charge in [-0.3, -0.25) is 0 Å². The molecule has 1 aliphatic rings. The number of hydrogen-bond donors (Lipinski definition) is 2. The van der Waals surface area contributed by atoms with Crippen molar-refractivity contribution in [1.82, 2.24) is 4.72 Å². The molecule has 28 heavy (non-hydrogen) atoms. The predicted molar refractivity (Wildman–Crippen MR) is 99.4 cm³/mol. The van der Waals surface area contributed by atoms with E-state index in [4.69, 9.17) is 0 Å². The molecule has 0 saturated heterocycles. The lowest BCUT2D eigenvalue weighted by Crippen LogP contribution is -2.41. The van der Waals surface area contributed by atoms with E-state index in [0.29, 0.717) is 18.2 Å². The van der Waals surface area contributed by atoms with Gasteiger partial charge in [0.05, 0.1) is 5.25 Å². The molecule has 0 aliphatic heterocycles. The van der Waals surface area contributed by atoms with Gasteiger partial charge in [-0.1, -0.05) is 6.07 Å². The number of rotatable bonds is 9. The van der Waals surface area contributed by atoms with E-state index in [1.807, 2.05) is 0 Å². The summed E-state index contributed by atoms with van der Waals surface area (Å²) in [7, 11) is -3.29. The monoisotopic (exact) mass is 426 g/mol. The Morgan fingerprint density at radius 3 is 2.39 bits per heavy atom. The van der Waals surface area contributed by atoms with Crippen molar-refractivity contribution in [3.63, 3.8) is 0 Å². The summed E-state index contributed by atoms with van der Waals surface area (Å²) >= 11 is 0. The summed E-state index contributed by atoms with van der Waals surface area (Å²) in [5.41, 5.74) is 0.491. The molecule has 2 rings (SSSR count). The highest BCUT2D eigenvalue weighted by atomic mass is 32.2. The van der Waals surface area contributed by atoms with Gasteiger partial charge in [-0.2, -0.15) is 17.6 Å². The quantitative estimate of drug-likeness (QED) is 0.580. The van der Waals surface area contributed by atoms with Gasteiger partial charge in [-0.05, 0) is 57.6 Å². The zero-order valence-electron chi connectivity index (χ0n) is 15.8. The summed E-state index contributed by atoms with van der Waals surface area (Å²) in [6.07, 6.45) is -5.37. The van der Waals surface area contributed by atoms with E-state index in [1.165, 1.54) is 18.2 Å². The fourth-order valence-corrected chi connectivity index (χ4v) is 3.96. The Bertz CT molecular complexity index is 736. The minimum Gasteiger partial charge on any atom is -0.428 e. The van der Waals surface area contributed by atoms with Crippen LogP contribution >= 0.6 is 0 Å². The molecular formula is C18H26F4N2O3S. The number of anilines is 1. The largest absolute Gasteiger partial charge is 0.461 e. The van der Waals surface area contributed by atoms with Crippen LogP contribution < -0.4 is 14.8 Å². The first-order valence-corrected chi connectivity index (χ1v) is 10.7. The molecule has 5 nitrogen and oxygen atoms in total. The zero-order valence-corrected chi connectivity index (χ0v) is 16.6. The summed E-state index contributed by atoms with van der Waals surface area (Å²) in [5, 5.41) is 2.63. The van der Waals surface area contributed by atoms with Crippen LogP contribution in [-0.2, 0) is 10.0 Å². The minimum atomic E-state index is -4.54. The second-order valence-electron chi connectivity index (χ2n) is 7.30. The van der Waals surface area contributed by atoms with Crippen molar-refractivity contribution < 1.29 is 30.7 Å². The number of halogens is 4. The van der Waals surface area contributed by atoms with Crippen molar-refractivity contribution in [3.05, 3.63) is 24.3 Å². The Labute approximate surface area is 162 Å². The average Bonchev–Trinajstić information content (AvgIpc) is 2.60. The van der Waals surface area contributed by atoms with Gasteiger partial charge in [0.15, 0.2) is 0 Å². The number of hydrogen-bond acceptors (Lipinski definition) is 4. The van der Waals surface area contributed by atoms with E-state index >= 15 is 0 Å². The van der Waals surface area contributed by atoms with E-state index in [-0.39, 0.29) is 11.8 Å². The summed E-state index contributed by atoms with van der Waals surface area (Å²) in [6.45, 7) is 3.83. The highest BCUT2D eigenvalue weighted by Crippen LogP contribution is 2.30. The molecule has 0 aromatic heterocycles. The van der Waals surface area contributed by atoms with Crippen LogP contribution in [0.1, 0.15) is 39.5 Å². The fraction of sp³-hybridized carbons (Fsp3) is 0.667. The number of sulfonamides is 1. The van der Waals surface area contributed by atoms with Crippen LogP contribution in [0.3, 0.4) is 0 Å². The molecule has 1 aromatic carbocycles. The molecule has 2 N–H and O–H groups in total. The topological polar surface area (TPSA) is 67.4 Å². The number of nitrogens with one attached hydrogen (secondary N) is 2. The molecule has 0 radical (unpaired) electrons. The van der Waals surface area contributed by atoms with Gasteiger partial charge in [0.25, 0.3) is 0 Å². The van der Waals surface area contributed by atoms with Gasteiger partial charge in [-0.25, -0.2) is 13.1 Å². The minimum absolute atomic E-state index is 0.0723. The van der Waals surface area contributed by atoms with Crippen molar-refractivity contribution in [2.75, 3.05) is 11.9 Å². The Balaban J connectivity index is 1.82. The van der Waals surface area contributed by atoms with Crippen LogP contribution in [0.25, 0.3) is 0 Å². The van der Waals surface area contributed by atoms with Gasteiger partial charge >= 0.3 is 12.5 Å². The van der Waals surface area contributed by atoms with E-state index in [0.717, 1.165) is 25.7 Å². The molecule has 0 heterocycles. The number of alkyl halides is 4. The molecule has 10 heteroatoms. The van der Waals surface area contributed by atoms with E-state index in [2.05, 4.69) is 14.8 Å². The van der Waals surface area contributed by atoms with Gasteiger partial charge < -0.3 is 10.1 Å². The molecule has 1 saturated carbocycles. The van der Waals surface area contributed by atoms with Gasteiger partial charge in [0.1, 0.15) is 5.75 Å². The normalized spacial score (nSPS) is 21.1. The molecule has 0 spiro atoms. The van der Waals surface area contributed by atoms with Crippen LogP contribution in [0.15, 0.2) is 24.3 Å². The molecule has 0 unspecified atom stereocenters. The van der Waals surface area contributed by atoms with Crippen molar-refractivity contribution in [2.45, 2.75) is 63.4 Å². The maximum Gasteiger partial charge on any atom is 0.461 e. The number of benzene rings is 1. The summed E-state index contributed by atoms with van der Waals surface area (Å²) < 4.78 is 81.1. The van der Waals surface area contributed by atoms with Crippen LogP contribution in [0, 0.1) is 5.92 Å². The molecular weight excluding hydrogens is 400 g/mol. The lowest BCUT2D eigenvalue weighted by Gasteiger charge is -2.29. The molecule has 0 amide bonds. The molecule has 1 aliphatic carbocycles. The third-order valence-corrected chi connectivity index (χ3v) is 6.64. The van der Waals surface area contributed by atoms with Crippen molar-refractivity contribution >= 4 is 15.7 Å². The highest BCUT2D eigenvalue weighted by molar-refractivity contribution is 7.90. The average molecular weight is 426 g/mol. The van der Waals surface area contributed by atoms with Gasteiger partial charge in [0, 0.05) is 24.3 Å². The zero-order chi connectivity index (χ0) is 20.9. The lowest BCUT2D eigenvalue weighted by molar-refractivity contribution is -0.253. The molecule has 1 fully saturated rings. The summed E-state index contributed by atoms with van der Waals surface area (Å²) in [5.74, 6) is -0.0472. The summed E-state index contributed by atoms with van der Waals surface area (Å²) in [4.78, 5) is 0. The number of ether oxygens (including phenoxy) is 1. The third kappa shape index (κ3) is 6.51. The van der Waals surface area contributed by atoms with Crippen molar-refractivity contribution in [3.8, 4) is 5.75 Å². The standard InChI is InChI=1S/C18H26F4N2O3S/c1-12(2)28(25,26)24-14-8-6-13(7-9-14)11-23-15-4-3-5-16(10-15)27-18(21,22)17(19)20/h3-5,10,12-14,17,23-24H,6-9,11H2,1-2H3. The Hall–Kier alpha value is -1.55. The maximum atomic E-state index is 13.0. The first-order chi connectivity index (χ1) is 13.0. The van der Waals surface area contributed by atoms with Crippen LogP contribution in [-0.4, -0.2) is 38.8 Å². The smallest absolute Gasteiger partial charge is 0.428 e. The van der Waals surface area contributed by atoms with Gasteiger partial charge in [-0.15, -0.1) is 0 Å². The van der Waals surface area contributed by atoms with E-state index in [9.17, 15) is 26.0 Å². The third-order valence-electron chi connectivity index (χ3n) is 4.74. The second kappa shape index (κ2) is 9.30. The van der Waals surface area contributed by atoms with Crippen molar-refractivity contribution in [2.24, 2.45) is 5.92 Å². The first kappa shape index (κ1) is 22.7. The predicted octanol–water partition coefficient (Wildman–Crippen LogP) is 4.22. The highest BCUT2D eigenvalue weighted by Gasteiger charge is 2.44. The molecule has 160 valence electrons. The molecule has 0 bridgehead atoms. The first-order valence-electron chi connectivity index (χ1n) is 9.19. The molecule has 1 aromatic rings. The fourth-order valence-electron chi connectivity index (χ4n) is 2.99. The van der Waals surface area contributed by atoms with Crippen LogP contribution in [0.5, 0.6) is 5.75 Å². The second-order valence-corrected chi connectivity index (χ2v) is 9.57. The van der Waals surface area contributed by atoms with E-state index in [1.54, 1.807) is 19.9 Å². The van der Waals surface area contributed by atoms with Crippen molar-refractivity contribution in [1.29, 1.82) is 0 Å². The lowest BCUT2D eigenvalue weighted by atomic mass is 9.86. The van der Waals surface area contributed by atoms with E-state index < -0.39 is 27.8 Å². The Morgan fingerprint density at radius 1 is 1.18 bits per heavy atom. The molecule has 0 atom stereocenters. The Morgan fingerprint density at radius 2 is 1.82 bits per heavy atom. The van der Waals surface area contributed by atoms with Crippen LogP contribution in [0.4, 0.5) is 23.2 Å². The van der Waals surface area contributed by atoms with Crippen LogP contribution in [0.2, 0.25) is 0 Å². The summed E-state index contributed by atoms with van der Waals surface area (Å²) in [6, 6.07) is 5.44. The maximum absolute atomic E-state index is 13.0. The Kier molecular flexibility index (Phi) is 7.55. The SMILES string of the molecule is CC(C)S(=O)(=O)NC1CCC(CNc2cccc(OC(F)(F)C(F)F)c2)CC1.